The fourth-order valence-corrected chi connectivity index (χ4v) is 1.91. The van der Waals surface area contributed by atoms with Gasteiger partial charge in [-0.3, -0.25) is 0 Å². The summed E-state index contributed by atoms with van der Waals surface area (Å²) < 4.78 is 5.65. The van der Waals surface area contributed by atoms with Crippen molar-refractivity contribution >= 4 is 5.82 Å². The van der Waals surface area contributed by atoms with E-state index in [2.05, 4.69) is 15.4 Å². The standard InChI is InChI=1S/C14H16N4O/c15-18-13-8-12(10-6-7-10)16-14(17-13)9-19-11-4-2-1-3-5-11/h1-5,8,10H,6-7,9,15H2,(H,16,17,18). The summed E-state index contributed by atoms with van der Waals surface area (Å²) in [5, 5.41) is 0. The van der Waals surface area contributed by atoms with Gasteiger partial charge in [-0.2, -0.15) is 0 Å². The van der Waals surface area contributed by atoms with Crippen LogP contribution in [0.15, 0.2) is 36.4 Å². The van der Waals surface area contributed by atoms with E-state index in [0.717, 1.165) is 11.4 Å². The maximum atomic E-state index is 5.65. The molecule has 1 saturated carbocycles. The van der Waals surface area contributed by atoms with Gasteiger partial charge in [0, 0.05) is 17.7 Å². The average molecular weight is 256 g/mol. The number of nitrogens with one attached hydrogen (secondary N) is 1. The molecule has 2 aromatic rings. The zero-order valence-electron chi connectivity index (χ0n) is 10.5. The zero-order chi connectivity index (χ0) is 13.1. The summed E-state index contributed by atoms with van der Waals surface area (Å²) in [5.41, 5.74) is 3.63. The third-order valence-electron chi connectivity index (χ3n) is 3.05. The molecule has 19 heavy (non-hydrogen) atoms. The molecule has 0 amide bonds. The van der Waals surface area contributed by atoms with E-state index in [9.17, 15) is 0 Å². The van der Waals surface area contributed by atoms with Gasteiger partial charge in [-0.15, -0.1) is 0 Å². The molecule has 0 atom stereocenters. The summed E-state index contributed by atoms with van der Waals surface area (Å²) in [6.45, 7) is 0.346. The van der Waals surface area contributed by atoms with E-state index in [4.69, 9.17) is 10.6 Å². The highest BCUT2D eigenvalue weighted by atomic mass is 16.5. The Hall–Kier alpha value is -2.14. The number of nitrogen functional groups attached to an aromatic ring is 1. The maximum Gasteiger partial charge on any atom is 0.168 e. The van der Waals surface area contributed by atoms with E-state index in [1.807, 2.05) is 36.4 Å². The predicted molar refractivity (Wildman–Crippen MR) is 72.6 cm³/mol. The molecule has 3 rings (SSSR count). The van der Waals surface area contributed by atoms with Gasteiger partial charge < -0.3 is 10.2 Å². The first-order chi connectivity index (χ1) is 9.35. The Labute approximate surface area is 111 Å². The Morgan fingerprint density at radius 3 is 2.68 bits per heavy atom. The molecule has 1 aliphatic rings. The van der Waals surface area contributed by atoms with Crippen molar-refractivity contribution in [3.63, 3.8) is 0 Å². The van der Waals surface area contributed by atoms with Gasteiger partial charge in [-0.25, -0.2) is 15.8 Å². The lowest BCUT2D eigenvalue weighted by atomic mass is 10.2. The smallest absolute Gasteiger partial charge is 0.168 e. The average Bonchev–Trinajstić information content (AvgIpc) is 3.30. The van der Waals surface area contributed by atoms with Crippen molar-refractivity contribution in [1.29, 1.82) is 0 Å². The molecule has 1 aliphatic carbocycles. The number of ether oxygens (including phenoxy) is 1. The summed E-state index contributed by atoms with van der Waals surface area (Å²) in [5.74, 6) is 8.10. The Morgan fingerprint density at radius 1 is 1.21 bits per heavy atom. The second-order valence-corrected chi connectivity index (χ2v) is 4.61. The topological polar surface area (TPSA) is 73.1 Å². The Kier molecular flexibility index (Phi) is 3.29. The minimum atomic E-state index is 0.346. The van der Waals surface area contributed by atoms with Gasteiger partial charge in [-0.1, -0.05) is 18.2 Å². The van der Waals surface area contributed by atoms with Crippen LogP contribution in [0.3, 0.4) is 0 Å². The van der Waals surface area contributed by atoms with Crippen LogP contribution < -0.4 is 16.0 Å². The normalized spacial score (nSPS) is 14.2. The first-order valence-corrected chi connectivity index (χ1v) is 6.37. The molecule has 98 valence electrons. The minimum absolute atomic E-state index is 0.346. The second kappa shape index (κ2) is 5.24. The van der Waals surface area contributed by atoms with E-state index >= 15 is 0 Å². The number of rotatable bonds is 5. The Morgan fingerprint density at radius 2 is 2.00 bits per heavy atom. The fourth-order valence-electron chi connectivity index (χ4n) is 1.91. The summed E-state index contributed by atoms with van der Waals surface area (Å²) in [7, 11) is 0. The molecule has 0 spiro atoms. The summed E-state index contributed by atoms with van der Waals surface area (Å²) in [6.07, 6.45) is 2.39. The number of hydrazine groups is 1. The van der Waals surface area contributed by atoms with Crippen molar-refractivity contribution in [3.05, 3.63) is 47.9 Å². The molecular formula is C14H16N4O. The van der Waals surface area contributed by atoms with Crippen LogP contribution in [0.4, 0.5) is 5.82 Å². The Balaban J connectivity index is 1.74. The monoisotopic (exact) mass is 256 g/mol. The van der Waals surface area contributed by atoms with E-state index in [0.29, 0.717) is 24.2 Å². The van der Waals surface area contributed by atoms with Crippen molar-refractivity contribution in [3.8, 4) is 5.75 Å². The van der Waals surface area contributed by atoms with Crippen LogP contribution in [0.1, 0.15) is 30.3 Å². The fraction of sp³-hybridized carbons (Fsp3) is 0.286. The number of benzene rings is 1. The highest BCUT2D eigenvalue weighted by molar-refractivity contribution is 5.36. The number of aromatic nitrogens is 2. The SMILES string of the molecule is NNc1cc(C2CC2)nc(COc2ccccc2)n1. The number of para-hydroxylation sites is 1. The summed E-state index contributed by atoms with van der Waals surface area (Å²) in [4.78, 5) is 8.83. The molecule has 5 nitrogen and oxygen atoms in total. The largest absolute Gasteiger partial charge is 0.486 e. The first kappa shape index (κ1) is 11.9. The second-order valence-electron chi connectivity index (χ2n) is 4.61. The minimum Gasteiger partial charge on any atom is -0.486 e. The van der Waals surface area contributed by atoms with Crippen LogP contribution in [0.2, 0.25) is 0 Å². The van der Waals surface area contributed by atoms with Crippen molar-refractivity contribution in [2.75, 3.05) is 5.43 Å². The van der Waals surface area contributed by atoms with Crippen molar-refractivity contribution in [2.24, 2.45) is 5.84 Å². The molecule has 0 radical (unpaired) electrons. The van der Waals surface area contributed by atoms with Gasteiger partial charge in [0.15, 0.2) is 5.82 Å². The lowest BCUT2D eigenvalue weighted by Gasteiger charge is -2.08. The van der Waals surface area contributed by atoms with Crippen molar-refractivity contribution in [1.82, 2.24) is 9.97 Å². The lowest BCUT2D eigenvalue weighted by molar-refractivity contribution is 0.295. The quantitative estimate of drug-likeness (QED) is 0.634. The van der Waals surface area contributed by atoms with Crippen molar-refractivity contribution < 1.29 is 4.74 Å². The third kappa shape index (κ3) is 3.00. The molecule has 1 heterocycles. The molecule has 0 unspecified atom stereocenters. The van der Waals surface area contributed by atoms with E-state index < -0.39 is 0 Å². The number of hydrogen-bond donors (Lipinski definition) is 2. The molecule has 1 aromatic carbocycles. The number of nitrogens with zero attached hydrogens (tertiary/aromatic N) is 2. The van der Waals surface area contributed by atoms with Gasteiger partial charge >= 0.3 is 0 Å². The molecule has 1 aromatic heterocycles. The van der Waals surface area contributed by atoms with Gasteiger partial charge in [0.25, 0.3) is 0 Å². The van der Waals surface area contributed by atoms with Gasteiger partial charge in [0.05, 0.1) is 0 Å². The zero-order valence-corrected chi connectivity index (χ0v) is 10.5. The number of nitrogens with two attached hydrogens (primary N) is 1. The number of hydrogen-bond acceptors (Lipinski definition) is 5. The van der Waals surface area contributed by atoms with Gasteiger partial charge in [0.1, 0.15) is 18.2 Å². The number of anilines is 1. The third-order valence-corrected chi connectivity index (χ3v) is 3.05. The lowest BCUT2D eigenvalue weighted by Crippen LogP contribution is -2.12. The van der Waals surface area contributed by atoms with Crippen LogP contribution >= 0.6 is 0 Å². The molecule has 0 saturated heterocycles. The Bertz CT molecular complexity index is 555. The summed E-state index contributed by atoms with van der Waals surface area (Å²) in [6, 6.07) is 11.5. The van der Waals surface area contributed by atoms with Crippen LogP contribution in [-0.4, -0.2) is 9.97 Å². The highest BCUT2D eigenvalue weighted by Gasteiger charge is 2.26. The van der Waals surface area contributed by atoms with Gasteiger partial charge in [-0.05, 0) is 25.0 Å². The van der Waals surface area contributed by atoms with E-state index in [-0.39, 0.29) is 0 Å². The van der Waals surface area contributed by atoms with Crippen LogP contribution in [0, 0.1) is 0 Å². The highest BCUT2D eigenvalue weighted by Crippen LogP contribution is 2.39. The van der Waals surface area contributed by atoms with Crippen molar-refractivity contribution in [2.45, 2.75) is 25.4 Å². The maximum absolute atomic E-state index is 5.65. The van der Waals surface area contributed by atoms with Gasteiger partial charge in [0.2, 0.25) is 0 Å². The molecule has 0 bridgehead atoms. The molecule has 5 heteroatoms. The van der Waals surface area contributed by atoms with Crippen LogP contribution in [0.25, 0.3) is 0 Å². The van der Waals surface area contributed by atoms with Crippen LogP contribution in [0.5, 0.6) is 5.75 Å². The predicted octanol–water partition coefficient (Wildman–Crippen LogP) is 2.22. The first-order valence-electron chi connectivity index (χ1n) is 6.37. The van der Waals surface area contributed by atoms with E-state index in [1.54, 1.807) is 0 Å². The molecule has 3 N–H and O–H groups in total. The molecular weight excluding hydrogens is 240 g/mol. The summed E-state index contributed by atoms with van der Waals surface area (Å²) >= 11 is 0. The van der Waals surface area contributed by atoms with E-state index in [1.165, 1.54) is 12.8 Å². The van der Waals surface area contributed by atoms with Crippen LogP contribution in [-0.2, 0) is 6.61 Å². The molecule has 0 aliphatic heterocycles. The molecule has 1 fully saturated rings.